The zero-order valence-electron chi connectivity index (χ0n) is 11.0. The lowest BCUT2D eigenvalue weighted by molar-refractivity contribution is 0.322. The molecule has 3 heteroatoms. The van der Waals surface area contributed by atoms with Gasteiger partial charge in [0, 0.05) is 22.6 Å². The number of aromatic nitrogens is 1. The molecule has 0 aliphatic rings. The summed E-state index contributed by atoms with van der Waals surface area (Å²) >= 11 is 0. The molecule has 0 aliphatic carbocycles. The Labute approximate surface area is 107 Å². The van der Waals surface area contributed by atoms with Crippen LogP contribution >= 0.6 is 0 Å². The molecule has 0 unspecified atom stereocenters. The quantitative estimate of drug-likeness (QED) is 0.499. The van der Waals surface area contributed by atoms with Gasteiger partial charge in [-0.25, -0.2) is 0 Å². The predicted octanol–water partition coefficient (Wildman–Crippen LogP) is 3.46. The summed E-state index contributed by atoms with van der Waals surface area (Å²) in [7, 11) is 0. The molecule has 0 amide bonds. The van der Waals surface area contributed by atoms with E-state index in [9.17, 15) is 0 Å². The molecule has 0 fully saturated rings. The fraction of sp³-hybridized carbons (Fsp3) is 0.267. The Hall–Kier alpha value is -2.03. The summed E-state index contributed by atoms with van der Waals surface area (Å²) in [6.07, 6.45) is 2.52. The normalized spacial score (nSPS) is 11.3. The smallest absolute Gasteiger partial charge is 0.0752 e. The second-order valence-electron chi connectivity index (χ2n) is 4.43. The van der Waals surface area contributed by atoms with Gasteiger partial charge in [-0.2, -0.15) is 0 Å². The second kappa shape index (κ2) is 5.08. The van der Waals surface area contributed by atoms with Crippen LogP contribution in [0.2, 0.25) is 0 Å². The van der Waals surface area contributed by atoms with E-state index < -0.39 is 0 Å². The van der Waals surface area contributed by atoms with Crippen LogP contribution in [-0.4, -0.2) is 16.0 Å². The van der Waals surface area contributed by atoms with Crippen molar-refractivity contribution in [2.75, 3.05) is 0 Å². The van der Waals surface area contributed by atoms with E-state index in [1.54, 1.807) is 0 Å². The van der Waals surface area contributed by atoms with E-state index in [0.29, 0.717) is 0 Å². The first-order valence-electron chi connectivity index (χ1n) is 6.13. The highest BCUT2D eigenvalue weighted by Crippen LogP contribution is 2.20. The van der Waals surface area contributed by atoms with Crippen molar-refractivity contribution in [3.8, 4) is 5.69 Å². The lowest BCUT2D eigenvalue weighted by atomic mass is 10.1. The van der Waals surface area contributed by atoms with Gasteiger partial charge >= 0.3 is 0 Å². The van der Waals surface area contributed by atoms with E-state index in [0.717, 1.165) is 29.1 Å². The van der Waals surface area contributed by atoms with Crippen molar-refractivity contribution in [2.24, 2.45) is 5.16 Å². The van der Waals surface area contributed by atoms with Crippen LogP contribution in [0, 0.1) is 13.8 Å². The minimum Gasteiger partial charge on any atom is -0.411 e. The lowest BCUT2D eigenvalue weighted by Crippen LogP contribution is -1.99. The molecular formula is C15H18N2O. The van der Waals surface area contributed by atoms with E-state index in [2.05, 4.69) is 47.8 Å². The van der Waals surface area contributed by atoms with Gasteiger partial charge in [0.15, 0.2) is 0 Å². The fourth-order valence-electron chi connectivity index (χ4n) is 2.26. The fourth-order valence-corrected chi connectivity index (χ4v) is 2.26. The SMILES string of the molecule is CCc1ccc(-n2c(C)cc(/C=N/O)c2C)cc1. The van der Waals surface area contributed by atoms with Gasteiger partial charge in [-0.1, -0.05) is 24.2 Å². The van der Waals surface area contributed by atoms with Gasteiger partial charge in [0.05, 0.1) is 6.21 Å². The molecule has 0 saturated heterocycles. The highest BCUT2D eigenvalue weighted by Gasteiger charge is 2.09. The van der Waals surface area contributed by atoms with Gasteiger partial charge in [0.2, 0.25) is 0 Å². The van der Waals surface area contributed by atoms with Crippen molar-refractivity contribution in [3.05, 3.63) is 52.8 Å². The molecule has 94 valence electrons. The molecule has 0 radical (unpaired) electrons. The van der Waals surface area contributed by atoms with Crippen LogP contribution in [0.15, 0.2) is 35.5 Å². The van der Waals surface area contributed by atoms with Gasteiger partial charge in [-0.05, 0) is 44.0 Å². The van der Waals surface area contributed by atoms with Crippen molar-refractivity contribution in [1.82, 2.24) is 4.57 Å². The first-order chi connectivity index (χ1) is 8.67. The number of nitrogens with zero attached hydrogens (tertiary/aromatic N) is 2. The first kappa shape index (κ1) is 12.4. The maximum atomic E-state index is 8.64. The van der Waals surface area contributed by atoms with Crippen LogP contribution in [0.1, 0.15) is 29.4 Å². The van der Waals surface area contributed by atoms with Crippen LogP contribution in [0.5, 0.6) is 0 Å². The summed E-state index contributed by atoms with van der Waals surface area (Å²) in [5, 5.41) is 11.7. The van der Waals surface area contributed by atoms with Crippen molar-refractivity contribution < 1.29 is 5.21 Å². The molecule has 3 nitrogen and oxygen atoms in total. The summed E-state index contributed by atoms with van der Waals surface area (Å²) in [6.45, 7) is 6.23. The van der Waals surface area contributed by atoms with Gasteiger partial charge < -0.3 is 9.77 Å². The number of oxime groups is 1. The molecule has 1 aromatic heterocycles. The van der Waals surface area contributed by atoms with Crippen LogP contribution in [-0.2, 0) is 6.42 Å². The molecular weight excluding hydrogens is 224 g/mol. The third-order valence-corrected chi connectivity index (χ3v) is 3.27. The topological polar surface area (TPSA) is 37.5 Å². The predicted molar refractivity (Wildman–Crippen MR) is 74.0 cm³/mol. The average Bonchev–Trinajstić information content (AvgIpc) is 2.65. The molecule has 18 heavy (non-hydrogen) atoms. The Balaban J connectivity index is 2.49. The molecule has 0 spiro atoms. The van der Waals surface area contributed by atoms with Crippen LogP contribution in [0.25, 0.3) is 5.69 Å². The number of rotatable bonds is 3. The Kier molecular flexibility index (Phi) is 3.51. The molecule has 0 bridgehead atoms. The second-order valence-corrected chi connectivity index (χ2v) is 4.43. The summed E-state index contributed by atoms with van der Waals surface area (Å²) in [6, 6.07) is 10.6. The van der Waals surface area contributed by atoms with Crippen molar-refractivity contribution in [1.29, 1.82) is 0 Å². The van der Waals surface area contributed by atoms with Crippen LogP contribution < -0.4 is 0 Å². The van der Waals surface area contributed by atoms with Crippen molar-refractivity contribution >= 4 is 6.21 Å². The third-order valence-electron chi connectivity index (χ3n) is 3.27. The molecule has 2 rings (SSSR count). The van der Waals surface area contributed by atoms with Crippen molar-refractivity contribution in [2.45, 2.75) is 27.2 Å². The number of aryl methyl sites for hydroxylation is 2. The Morgan fingerprint density at radius 1 is 1.22 bits per heavy atom. The highest BCUT2D eigenvalue weighted by atomic mass is 16.4. The largest absolute Gasteiger partial charge is 0.411 e. The zero-order chi connectivity index (χ0) is 13.1. The Morgan fingerprint density at radius 3 is 2.44 bits per heavy atom. The van der Waals surface area contributed by atoms with E-state index in [1.807, 2.05) is 13.0 Å². The maximum absolute atomic E-state index is 8.64. The van der Waals surface area contributed by atoms with Gasteiger partial charge in [-0.15, -0.1) is 0 Å². The molecule has 2 aromatic rings. The highest BCUT2D eigenvalue weighted by molar-refractivity contribution is 5.81. The summed E-state index contributed by atoms with van der Waals surface area (Å²) < 4.78 is 2.16. The standard InChI is InChI=1S/C15H18N2O/c1-4-13-5-7-15(8-6-13)17-11(2)9-14(10-16-18)12(17)3/h5-10,18H,4H2,1-3H3/b16-10+. The van der Waals surface area contributed by atoms with Crippen LogP contribution in [0.4, 0.5) is 0 Å². The molecule has 1 heterocycles. The summed E-state index contributed by atoms with van der Waals surface area (Å²) in [4.78, 5) is 0. The zero-order valence-corrected chi connectivity index (χ0v) is 11.0. The van der Waals surface area contributed by atoms with E-state index in [-0.39, 0.29) is 0 Å². The number of hydrogen-bond acceptors (Lipinski definition) is 2. The lowest BCUT2D eigenvalue weighted by Gasteiger charge is -2.10. The third kappa shape index (κ3) is 2.16. The molecule has 1 N–H and O–H groups in total. The molecule has 1 aromatic carbocycles. The molecule has 0 saturated carbocycles. The van der Waals surface area contributed by atoms with Gasteiger partial charge in [-0.3, -0.25) is 0 Å². The molecule has 0 aliphatic heterocycles. The number of hydrogen-bond donors (Lipinski definition) is 1. The van der Waals surface area contributed by atoms with Gasteiger partial charge in [0.1, 0.15) is 0 Å². The van der Waals surface area contributed by atoms with E-state index in [1.165, 1.54) is 11.8 Å². The van der Waals surface area contributed by atoms with Crippen LogP contribution in [0.3, 0.4) is 0 Å². The average molecular weight is 242 g/mol. The first-order valence-corrected chi connectivity index (χ1v) is 6.13. The van der Waals surface area contributed by atoms with Crippen molar-refractivity contribution in [3.63, 3.8) is 0 Å². The van der Waals surface area contributed by atoms with E-state index >= 15 is 0 Å². The monoisotopic (exact) mass is 242 g/mol. The summed E-state index contributed by atoms with van der Waals surface area (Å²) in [5.74, 6) is 0. The minimum atomic E-state index is 0.939. The molecule has 0 atom stereocenters. The Bertz CT molecular complexity index is 565. The van der Waals surface area contributed by atoms with Gasteiger partial charge in [0.25, 0.3) is 0 Å². The van der Waals surface area contributed by atoms with E-state index in [4.69, 9.17) is 5.21 Å². The maximum Gasteiger partial charge on any atom is 0.0752 e. The number of benzene rings is 1. The summed E-state index contributed by atoms with van der Waals surface area (Å²) in [5.41, 5.74) is 5.62. The Morgan fingerprint density at radius 2 is 1.89 bits per heavy atom. The minimum absolute atomic E-state index is 0.939.